The van der Waals surface area contributed by atoms with Crippen LogP contribution in [-0.2, 0) is 27.3 Å². The molecule has 8 heteroatoms. The maximum atomic E-state index is 12.7. The number of rotatable bonds is 11. The van der Waals surface area contributed by atoms with Crippen molar-refractivity contribution in [1.82, 2.24) is 16.0 Å². The molecule has 0 spiro atoms. The van der Waals surface area contributed by atoms with Gasteiger partial charge in [0, 0.05) is 19.5 Å². The molecule has 0 aromatic heterocycles. The zero-order valence-corrected chi connectivity index (χ0v) is 20.1. The summed E-state index contributed by atoms with van der Waals surface area (Å²) in [5.41, 5.74) is 1.19. The van der Waals surface area contributed by atoms with Crippen LogP contribution < -0.4 is 16.0 Å². The van der Waals surface area contributed by atoms with Crippen LogP contribution in [0.2, 0.25) is 0 Å². The first-order valence-corrected chi connectivity index (χ1v) is 11.5. The van der Waals surface area contributed by atoms with Gasteiger partial charge in [0.25, 0.3) is 0 Å². The van der Waals surface area contributed by atoms with Crippen LogP contribution in [0.25, 0.3) is 0 Å². The van der Waals surface area contributed by atoms with E-state index in [-0.39, 0.29) is 12.5 Å². The Morgan fingerprint density at radius 2 is 1.35 bits per heavy atom. The Labute approximate surface area is 201 Å². The summed E-state index contributed by atoms with van der Waals surface area (Å²) in [4.78, 5) is 36.7. The molecule has 2 aromatic carbocycles. The molecular weight excluding hydrogens is 434 g/mol. The van der Waals surface area contributed by atoms with Crippen LogP contribution >= 0.6 is 0 Å². The third-order valence-corrected chi connectivity index (χ3v) is 4.67. The molecule has 0 heterocycles. The van der Waals surface area contributed by atoms with Crippen LogP contribution in [0.15, 0.2) is 60.7 Å². The van der Waals surface area contributed by atoms with E-state index in [2.05, 4.69) is 16.0 Å². The lowest BCUT2D eigenvalue weighted by Crippen LogP contribution is -2.49. The largest absolute Gasteiger partial charge is 0.445 e. The average Bonchev–Trinajstić information content (AvgIpc) is 2.79. The predicted octanol–water partition coefficient (Wildman–Crippen LogP) is 3.95. The van der Waals surface area contributed by atoms with Gasteiger partial charge in [-0.2, -0.15) is 0 Å². The normalized spacial score (nSPS) is 11.7. The van der Waals surface area contributed by atoms with Gasteiger partial charge in [0.05, 0.1) is 0 Å². The Balaban J connectivity index is 1.70. The van der Waals surface area contributed by atoms with E-state index in [0.29, 0.717) is 32.4 Å². The summed E-state index contributed by atoms with van der Waals surface area (Å²) in [7, 11) is 0. The molecule has 2 aromatic rings. The van der Waals surface area contributed by atoms with Gasteiger partial charge in [-0.1, -0.05) is 60.7 Å². The van der Waals surface area contributed by atoms with E-state index >= 15 is 0 Å². The molecule has 184 valence electrons. The van der Waals surface area contributed by atoms with Gasteiger partial charge in [-0.05, 0) is 44.7 Å². The molecule has 2 rings (SSSR count). The molecule has 0 saturated heterocycles. The fourth-order valence-electron chi connectivity index (χ4n) is 3.06. The van der Waals surface area contributed by atoms with Gasteiger partial charge in [-0.3, -0.25) is 4.79 Å². The molecule has 0 aliphatic heterocycles. The molecule has 3 amide bonds. The van der Waals surface area contributed by atoms with Crippen molar-refractivity contribution in [2.24, 2.45) is 0 Å². The predicted molar refractivity (Wildman–Crippen MR) is 130 cm³/mol. The van der Waals surface area contributed by atoms with Crippen molar-refractivity contribution in [3.63, 3.8) is 0 Å². The Bertz CT molecular complexity index is 898. The first kappa shape index (κ1) is 26.7. The SMILES string of the molecule is CC(C)(C)OC(=O)N[C@@H](Cc1ccccc1)C(=O)NCCCCNC(=O)OCc1ccccc1. The van der Waals surface area contributed by atoms with Gasteiger partial charge in [-0.15, -0.1) is 0 Å². The number of carbonyl (C=O) groups excluding carboxylic acids is 3. The Hall–Kier alpha value is -3.55. The zero-order valence-electron chi connectivity index (χ0n) is 20.1. The second-order valence-electron chi connectivity index (χ2n) is 8.88. The van der Waals surface area contributed by atoms with Gasteiger partial charge in [-0.25, -0.2) is 9.59 Å². The molecule has 0 aliphatic carbocycles. The highest BCUT2D eigenvalue weighted by molar-refractivity contribution is 5.86. The van der Waals surface area contributed by atoms with E-state index in [1.165, 1.54) is 0 Å². The van der Waals surface area contributed by atoms with E-state index in [4.69, 9.17) is 9.47 Å². The quantitative estimate of drug-likeness (QED) is 0.432. The van der Waals surface area contributed by atoms with Gasteiger partial charge in [0.2, 0.25) is 5.91 Å². The van der Waals surface area contributed by atoms with E-state index in [1.807, 2.05) is 60.7 Å². The smallest absolute Gasteiger partial charge is 0.408 e. The van der Waals surface area contributed by atoms with Gasteiger partial charge < -0.3 is 25.4 Å². The third kappa shape index (κ3) is 11.4. The van der Waals surface area contributed by atoms with Crippen molar-refractivity contribution in [3.8, 4) is 0 Å². The highest BCUT2D eigenvalue weighted by atomic mass is 16.6. The Kier molecular flexibility index (Phi) is 10.9. The van der Waals surface area contributed by atoms with Crippen molar-refractivity contribution >= 4 is 18.1 Å². The zero-order chi connectivity index (χ0) is 24.8. The van der Waals surface area contributed by atoms with E-state index in [0.717, 1.165) is 11.1 Å². The second-order valence-corrected chi connectivity index (χ2v) is 8.88. The number of ether oxygens (including phenoxy) is 2. The molecule has 1 atom stereocenters. The number of carbonyl (C=O) groups is 3. The van der Waals surface area contributed by atoms with Crippen molar-refractivity contribution < 1.29 is 23.9 Å². The Morgan fingerprint density at radius 3 is 1.94 bits per heavy atom. The summed E-state index contributed by atoms with van der Waals surface area (Å²) in [5, 5.41) is 8.22. The highest BCUT2D eigenvalue weighted by Gasteiger charge is 2.24. The first-order chi connectivity index (χ1) is 16.2. The number of nitrogens with one attached hydrogen (secondary N) is 3. The minimum absolute atomic E-state index is 0.218. The summed E-state index contributed by atoms with van der Waals surface area (Å²) >= 11 is 0. The minimum atomic E-state index is -0.761. The number of amides is 3. The monoisotopic (exact) mass is 469 g/mol. The number of hydrogen-bond donors (Lipinski definition) is 3. The first-order valence-electron chi connectivity index (χ1n) is 11.5. The van der Waals surface area contributed by atoms with Crippen LogP contribution in [0.4, 0.5) is 9.59 Å². The Morgan fingerprint density at radius 1 is 0.794 bits per heavy atom. The second kappa shape index (κ2) is 13.9. The lowest BCUT2D eigenvalue weighted by atomic mass is 10.1. The molecular formula is C26H35N3O5. The minimum Gasteiger partial charge on any atom is -0.445 e. The van der Waals surface area contributed by atoms with Gasteiger partial charge >= 0.3 is 12.2 Å². The number of benzene rings is 2. The van der Waals surface area contributed by atoms with Gasteiger partial charge in [0.15, 0.2) is 0 Å². The van der Waals surface area contributed by atoms with Crippen LogP contribution in [0.1, 0.15) is 44.7 Å². The van der Waals surface area contributed by atoms with Crippen molar-refractivity contribution in [3.05, 3.63) is 71.8 Å². The lowest BCUT2D eigenvalue weighted by Gasteiger charge is -2.23. The van der Waals surface area contributed by atoms with Crippen molar-refractivity contribution in [2.45, 2.75) is 58.3 Å². The van der Waals surface area contributed by atoms with E-state index < -0.39 is 23.8 Å². The summed E-state index contributed by atoms with van der Waals surface area (Å²) in [6.07, 6.45) is 0.568. The molecule has 8 nitrogen and oxygen atoms in total. The molecule has 3 N–H and O–H groups in total. The molecule has 0 saturated carbocycles. The molecule has 0 fully saturated rings. The summed E-state index contributed by atoms with van der Waals surface area (Å²) in [5.74, 6) is -0.287. The lowest BCUT2D eigenvalue weighted by molar-refractivity contribution is -0.123. The average molecular weight is 470 g/mol. The maximum Gasteiger partial charge on any atom is 0.408 e. The molecule has 0 radical (unpaired) electrons. The van der Waals surface area contributed by atoms with Gasteiger partial charge in [0.1, 0.15) is 18.2 Å². The molecule has 0 aliphatic rings. The maximum absolute atomic E-state index is 12.7. The summed E-state index contributed by atoms with van der Waals surface area (Å²) in [6, 6.07) is 18.2. The molecule has 34 heavy (non-hydrogen) atoms. The van der Waals surface area contributed by atoms with Crippen LogP contribution in [0.3, 0.4) is 0 Å². The van der Waals surface area contributed by atoms with Crippen molar-refractivity contribution in [2.75, 3.05) is 13.1 Å². The third-order valence-electron chi connectivity index (χ3n) is 4.67. The molecule has 0 unspecified atom stereocenters. The topological polar surface area (TPSA) is 106 Å². The van der Waals surface area contributed by atoms with Crippen LogP contribution in [0, 0.1) is 0 Å². The fourth-order valence-corrected chi connectivity index (χ4v) is 3.06. The van der Waals surface area contributed by atoms with E-state index in [9.17, 15) is 14.4 Å². The van der Waals surface area contributed by atoms with Crippen LogP contribution in [0.5, 0.6) is 0 Å². The summed E-state index contributed by atoms with van der Waals surface area (Å²) < 4.78 is 10.5. The molecule has 0 bridgehead atoms. The standard InChI is InChI=1S/C26H35N3O5/c1-26(2,3)34-25(32)29-22(18-20-12-6-4-7-13-20)23(30)27-16-10-11-17-28-24(31)33-19-21-14-8-5-9-15-21/h4-9,12-15,22H,10-11,16-19H2,1-3H3,(H,27,30)(H,28,31)(H,29,32)/t22-/m0/s1. The van der Waals surface area contributed by atoms with Crippen LogP contribution in [-0.4, -0.2) is 42.8 Å². The number of hydrogen-bond acceptors (Lipinski definition) is 5. The van der Waals surface area contributed by atoms with E-state index in [1.54, 1.807) is 20.8 Å². The fraction of sp³-hybridized carbons (Fsp3) is 0.423. The number of alkyl carbamates (subject to hydrolysis) is 2. The van der Waals surface area contributed by atoms with Crippen molar-refractivity contribution in [1.29, 1.82) is 0 Å². The highest BCUT2D eigenvalue weighted by Crippen LogP contribution is 2.09. The number of unbranched alkanes of at least 4 members (excludes halogenated alkanes) is 1. The summed E-state index contributed by atoms with van der Waals surface area (Å²) in [6.45, 7) is 6.38.